The summed E-state index contributed by atoms with van der Waals surface area (Å²) in [6.07, 6.45) is 0. The van der Waals surface area contributed by atoms with Gasteiger partial charge in [0.25, 0.3) is 0 Å². The van der Waals surface area contributed by atoms with Crippen molar-refractivity contribution in [1.82, 2.24) is 4.90 Å². The Balaban J connectivity index is 1.95. The Morgan fingerprint density at radius 1 is 1.21 bits per heavy atom. The van der Waals surface area contributed by atoms with Crippen molar-refractivity contribution >= 4 is 11.7 Å². The van der Waals surface area contributed by atoms with Crippen molar-refractivity contribution in [2.75, 3.05) is 18.9 Å². The van der Waals surface area contributed by atoms with Crippen LogP contribution in [0.5, 0.6) is 11.5 Å². The minimum Gasteiger partial charge on any atom is -0.457 e. The number of ether oxygens (including phenoxy) is 1. The Hall–Kier alpha value is -2.60. The summed E-state index contributed by atoms with van der Waals surface area (Å²) in [7, 11) is 1.61. The molecule has 2 aromatic carbocycles. The molecule has 0 spiro atoms. The number of likely N-dealkylation sites (N-methyl/N-ethyl adjacent to an activating group) is 1. The number of nitrogens with zero attached hydrogens (tertiary/aromatic N) is 1. The van der Waals surface area contributed by atoms with Gasteiger partial charge < -0.3 is 20.1 Å². The predicted molar refractivity (Wildman–Crippen MR) is 90.9 cm³/mol. The van der Waals surface area contributed by atoms with Gasteiger partial charge in [0.15, 0.2) is 0 Å². The van der Waals surface area contributed by atoms with Crippen LogP contribution in [0, 0.1) is 5.82 Å². The molecule has 0 atom stereocenters. The topological polar surface area (TPSA) is 61.8 Å². The summed E-state index contributed by atoms with van der Waals surface area (Å²) in [6.45, 7) is 3.48. The number of nitrogens with one attached hydrogen (secondary N) is 1. The number of hydrogen-bond acceptors (Lipinski definition) is 3. The largest absolute Gasteiger partial charge is 0.457 e. The number of hydrogen-bond donors (Lipinski definition) is 2. The van der Waals surface area contributed by atoms with Crippen LogP contribution in [0.2, 0.25) is 0 Å². The zero-order valence-electron chi connectivity index (χ0n) is 13.9. The van der Waals surface area contributed by atoms with Crippen LogP contribution in [0.1, 0.15) is 13.8 Å². The van der Waals surface area contributed by atoms with Gasteiger partial charge in [0.2, 0.25) is 0 Å². The number of urea groups is 1. The molecule has 0 aliphatic rings. The van der Waals surface area contributed by atoms with Crippen LogP contribution in [-0.4, -0.2) is 35.2 Å². The van der Waals surface area contributed by atoms with Gasteiger partial charge >= 0.3 is 6.03 Å². The SMILES string of the molecule is CN(CC(C)(C)O)C(=O)Nc1ccc(Oc2cccc(F)c2)cc1. The van der Waals surface area contributed by atoms with E-state index in [4.69, 9.17) is 4.74 Å². The van der Waals surface area contributed by atoms with E-state index in [-0.39, 0.29) is 18.4 Å². The molecule has 0 saturated carbocycles. The van der Waals surface area contributed by atoms with Crippen LogP contribution in [0.4, 0.5) is 14.9 Å². The summed E-state index contributed by atoms with van der Waals surface area (Å²) in [5, 5.41) is 12.5. The van der Waals surface area contributed by atoms with Crippen molar-refractivity contribution in [3.05, 3.63) is 54.3 Å². The predicted octanol–water partition coefficient (Wildman–Crippen LogP) is 3.85. The highest BCUT2D eigenvalue weighted by molar-refractivity contribution is 5.89. The van der Waals surface area contributed by atoms with Crippen molar-refractivity contribution in [1.29, 1.82) is 0 Å². The van der Waals surface area contributed by atoms with Gasteiger partial charge in [0.1, 0.15) is 17.3 Å². The summed E-state index contributed by atoms with van der Waals surface area (Å²) >= 11 is 0. The lowest BCUT2D eigenvalue weighted by Crippen LogP contribution is -2.41. The average Bonchev–Trinajstić information content (AvgIpc) is 2.47. The third-order valence-electron chi connectivity index (χ3n) is 3.11. The zero-order chi connectivity index (χ0) is 17.7. The highest BCUT2D eigenvalue weighted by atomic mass is 19.1. The molecule has 0 saturated heterocycles. The van der Waals surface area contributed by atoms with Gasteiger partial charge in [-0.2, -0.15) is 0 Å². The first kappa shape index (κ1) is 17.7. The zero-order valence-corrected chi connectivity index (χ0v) is 13.9. The fourth-order valence-corrected chi connectivity index (χ4v) is 2.14. The van der Waals surface area contributed by atoms with Crippen molar-refractivity contribution in [2.45, 2.75) is 19.4 Å². The number of carbonyl (C=O) groups is 1. The van der Waals surface area contributed by atoms with Gasteiger partial charge in [-0.05, 0) is 50.2 Å². The molecule has 0 radical (unpaired) electrons. The molecular weight excluding hydrogens is 311 g/mol. The van der Waals surface area contributed by atoms with Crippen LogP contribution in [0.25, 0.3) is 0 Å². The monoisotopic (exact) mass is 332 g/mol. The summed E-state index contributed by atoms with van der Waals surface area (Å²) < 4.78 is 18.7. The van der Waals surface area contributed by atoms with E-state index in [0.717, 1.165) is 0 Å². The van der Waals surface area contributed by atoms with Gasteiger partial charge in [0, 0.05) is 18.8 Å². The fourth-order valence-electron chi connectivity index (χ4n) is 2.14. The quantitative estimate of drug-likeness (QED) is 0.874. The second kappa shape index (κ2) is 7.31. The maximum absolute atomic E-state index is 13.1. The number of aliphatic hydroxyl groups is 1. The van der Waals surface area contributed by atoms with E-state index in [1.807, 2.05) is 0 Å². The first-order valence-corrected chi connectivity index (χ1v) is 7.51. The average molecular weight is 332 g/mol. The van der Waals surface area contributed by atoms with Crippen molar-refractivity contribution in [2.24, 2.45) is 0 Å². The molecule has 0 bridgehead atoms. The number of amides is 2. The Morgan fingerprint density at radius 3 is 2.46 bits per heavy atom. The molecule has 2 aromatic rings. The second-order valence-corrected chi connectivity index (χ2v) is 6.18. The maximum Gasteiger partial charge on any atom is 0.321 e. The van der Waals surface area contributed by atoms with E-state index in [1.54, 1.807) is 57.3 Å². The van der Waals surface area contributed by atoms with E-state index in [9.17, 15) is 14.3 Å². The van der Waals surface area contributed by atoms with Gasteiger partial charge in [-0.25, -0.2) is 9.18 Å². The molecule has 0 heterocycles. The van der Waals surface area contributed by atoms with E-state index in [2.05, 4.69) is 5.32 Å². The highest BCUT2D eigenvalue weighted by Gasteiger charge is 2.19. The summed E-state index contributed by atoms with van der Waals surface area (Å²) in [5.41, 5.74) is -0.372. The second-order valence-electron chi connectivity index (χ2n) is 6.18. The maximum atomic E-state index is 13.1. The van der Waals surface area contributed by atoms with Gasteiger partial charge in [-0.3, -0.25) is 0 Å². The highest BCUT2D eigenvalue weighted by Crippen LogP contribution is 2.23. The van der Waals surface area contributed by atoms with Crippen LogP contribution in [-0.2, 0) is 0 Å². The smallest absolute Gasteiger partial charge is 0.321 e. The van der Waals surface area contributed by atoms with Crippen molar-refractivity contribution in [3.8, 4) is 11.5 Å². The number of rotatable bonds is 5. The molecule has 0 aliphatic carbocycles. The third kappa shape index (κ3) is 5.55. The molecule has 6 heteroatoms. The van der Waals surface area contributed by atoms with Gasteiger partial charge in [-0.1, -0.05) is 6.07 Å². The van der Waals surface area contributed by atoms with Crippen LogP contribution < -0.4 is 10.1 Å². The molecule has 0 unspecified atom stereocenters. The van der Waals surface area contributed by atoms with Crippen LogP contribution in [0.15, 0.2) is 48.5 Å². The first-order chi connectivity index (χ1) is 11.2. The first-order valence-electron chi connectivity index (χ1n) is 7.51. The normalized spacial score (nSPS) is 11.0. The minimum atomic E-state index is -0.964. The minimum absolute atomic E-state index is 0.208. The lowest BCUT2D eigenvalue weighted by Gasteiger charge is -2.25. The molecule has 5 nitrogen and oxygen atoms in total. The molecule has 2 amide bonds. The summed E-state index contributed by atoms with van der Waals surface area (Å²) in [6, 6.07) is 12.3. The number of anilines is 1. The Bertz CT molecular complexity index is 696. The lowest BCUT2D eigenvalue weighted by atomic mass is 10.1. The van der Waals surface area contributed by atoms with Gasteiger partial charge in [0.05, 0.1) is 12.1 Å². The molecule has 0 aromatic heterocycles. The third-order valence-corrected chi connectivity index (χ3v) is 3.11. The Morgan fingerprint density at radius 2 is 1.88 bits per heavy atom. The number of carbonyl (C=O) groups excluding carboxylic acids is 1. The Kier molecular flexibility index (Phi) is 5.41. The Labute approximate surface area is 140 Å². The van der Waals surface area contributed by atoms with Crippen molar-refractivity contribution < 1.29 is 19.0 Å². The number of halogens is 1. The van der Waals surface area contributed by atoms with Crippen LogP contribution in [0.3, 0.4) is 0 Å². The summed E-state index contributed by atoms with van der Waals surface area (Å²) in [4.78, 5) is 13.4. The molecule has 0 aliphatic heterocycles. The molecule has 24 heavy (non-hydrogen) atoms. The molecular formula is C18H21FN2O3. The van der Waals surface area contributed by atoms with E-state index in [0.29, 0.717) is 17.2 Å². The number of benzene rings is 2. The van der Waals surface area contributed by atoms with Crippen molar-refractivity contribution in [3.63, 3.8) is 0 Å². The molecule has 2 N–H and O–H groups in total. The van der Waals surface area contributed by atoms with Crippen LogP contribution >= 0.6 is 0 Å². The van der Waals surface area contributed by atoms with E-state index >= 15 is 0 Å². The molecule has 0 fully saturated rings. The van der Waals surface area contributed by atoms with Gasteiger partial charge in [-0.15, -0.1) is 0 Å². The summed E-state index contributed by atoms with van der Waals surface area (Å²) in [5.74, 6) is 0.561. The fraction of sp³-hybridized carbons (Fsp3) is 0.278. The van der Waals surface area contributed by atoms with E-state index in [1.165, 1.54) is 17.0 Å². The lowest BCUT2D eigenvalue weighted by molar-refractivity contribution is 0.0550. The molecule has 2 rings (SSSR count). The molecule has 128 valence electrons. The van der Waals surface area contributed by atoms with E-state index < -0.39 is 5.60 Å². The standard InChI is InChI=1S/C18H21FN2O3/c1-18(2,23)12-21(3)17(22)20-14-7-9-15(10-8-14)24-16-6-4-5-13(19)11-16/h4-11,23H,12H2,1-3H3,(H,20,22).